The third-order valence-corrected chi connectivity index (χ3v) is 8.08. The zero-order valence-electron chi connectivity index (χ0n) is 18.8. The molecule has 34 heavy (non-hydrogen) atoms. The van der Waals surface area contributed by atoms with Crippen LogP contribution in [-0.2, 0) is 27.7 Å². The van der Waals surface area contributed by atoms with Crippen molar-refractivity contribution in [3.63, 3.8) is 0 Å². The van der Waals surface area contributed by atoms with Crippen molar-refractivity contribution < 1.29 is 13.2 Å². The first kappa shape index (κ1) is 23.7. The normalized spacial score (nSPS) is 11.3. The van der Waals surface area contributed by atoms with Crippen LogP contribution in [0.4, 0.5) is 5.69 Å². The fraction of sp³-hybridized carbons (Fsp3) is 0.200. The van der Waals surface area contributed by atoms with Crippen molar-refractivity contribution in [1.82, 2.24) is 15.1 Å². The number of nitrogens with one attached hydrogen (secondary N) is 2. The molecule has 0 aliphatic heterocycles. The molecule has 0 aliphatic carbocycles. The zero-order chi connectivity index (χ0) is 24.0. The van der Waals surface area contributed by atoms with Gasteiger partial charge in [0, 0.05) is 18.4 Å². The highest BCUT2D eigenvalue weighted by atomic mass is 32.2. The van der Waals surface area contributed by atoms with E-state index < -0.39 is 10.0 Å². The summed E-state index contributed by atoms with van der Waals surface area (Å²) >= 11 is 1.16. The standard InChI is InChI=1S/C25H26N4O3S2/c1-19-21(18-29(27-19)23-8-3-2-4-9-23)7-5-15-26-24(30)17-20-11-13-22(14-12-20)28-34(31,32)25-10-6-16-33-25/h2-4,6,8-14,16,18,28H,5,7,15,17H2,1H3,(H,26,30). The number of aromatic nitrogens is 2. The molecule has 0 unspecified atom stereocenters. The summed E-state index contributed by atoms with van der Waals surface area (Å²) in [5, 5.41) is 9.25. The van der Waals surface area contributed by atoms with Gasteiger partial charge in [-0.2, -0.15) is 5.10 Å². The van der Waals surface area contributed by atoms with Crippen LogP contribution in [0.5, 0.6) is 0 Å². The van der Waals surface area contributed by atoms with E-state index in [4.69, 9.17) is 0 Å². The first-order chi connectivity index (χ1) is 16.4. The average molecular weight is 495 g/mol. The van der Waals surface area contributed by atoms with Crippen molar-refractivity contribution in [1.29, 1.82) is 0 Å². The molecular weight excluding hydrogens is 468 g/mol. The monoisotopic (exact) mass is 494 g/mol. The summed E-state index contributed by atoms with van der Waals surface area (Å²) in [7, 11) is -3.58. The molecule has 1 amide bonds. The van der Waals surface area contributed by atoms with Gasteiger partial charge in [-0.1, -0.05) is 36.4 Å². The van der Waals surface area contributed by atoms with Gasteiger partial charge in [0.1, 0.15) is 4.21 Å². The molecule has 0 radical (unpaired) electrons. The molecule has 0 saturated carbocycles. The smallest absolute Gasteiger partial charge is 0.271 e. The molecule has 0 spiro atoms. The molecule has 7 nitrogen and oxygen atoms in total. The lowest BCUT2D eigenvalue weighted by atomic mass is 10.1. The average Bonchev–Trinajstić information content (AvgIpc) is 3.49. The number of rotatable bonds is 10. The molecule has 0 fully saturated rings. The van der Waals surface area contributed by atoms with Crippen molar-refractivity contribution >= 4 is 33.0 Å². The van der Waals surface area contributed by atoms with Crippen molar-refractivity contribution in [3.8, 4) is 5.69 Å². The number of hydrogen-bond donors (Lipinski definition) is 2. The van der Waals surface area contributed by atoms with Crippen LogP contribution in [-0.4, -0.2) is 30.7 Å². The van der Waals surface area contributed by atoms with Gasteiger partial charge in [-0.05, 0) is 66.6 Å². The van der Waals surface area contributed by atoms with E-state index in [2.05, 4.69) is 15.1 Å². The zero-order valence-corrected chi connectivity index (χ0v) is 20.4. The van der Waals surface area contributed by atoms with Crippen molar-refractivity contribution in [2.45, 2.75) is 30.4 Å². The van der Waals surface area contributed by atoms with E-state index in [1.54, 1.807) is 41.8 Å². The number of anilines is 1. The number of sulfonamides is 1. The van der Waals surface area contributed by atoms with Crippen molar-refractivity contribution in [2.75, 3.05) is 11.3 Å². The molecule has 0 atom stereocenters. The highest BCUT2D eigenvalue weighted by Gasteiger charge is 2.15. The fourth-order valence-corrected chi connectivity index (χ4v) is 5.57. The van der Waals surface area contributed by atoms with Crippen LogP contribution in [0.25, 0.3) is 5.69 Å². The lowest BCUT2D eigenvalue weighted by Crippen LogP contribution is -2.26. The number of hydrogen-bond acceptors (Lipinski definition) is 5. The van der Waals surface area contributed by atoms with E-state index in [0.717, 1.165) is 41.1 Å². The Balaban J connectivity index is 1.22. The van der Waals surface area contributed by atoms with Crippen LogP contribution in [0.3, 0.4) is 0 Å². The Kier molecular flexibility index (Phi) is 7.44. The Morgan fingerprint density at radius 2 is 1.79 bits per heavy atom. The summed E-state index contributed by atoms with van der Waals surface area (Å²) in [5.74, 6) is -0.0661. The summed E-state index contributed by atoms with van der Waals surface area (Å²) in [6.07, 6.45) is 3.93. The SMILES string of the molecule is Cc1nn(-c2ccccc2)cc1CCCNC(=O)Cc1ccc(NS(=O)(=O)c2cccs2)cc1. The number of carbonyl (C=O) groups excluding carboxylic acids is 1. The maximum absolute atomic E-state index is 12.3. The minimum absolute atomic E-state index is 0.0661. The predicted molar refractivity (Wildman–Crippen MR) is 135 cm³/mol. The summed E-state index contributed by atoms with van der Waals surface area (Å²) in [6.45, 7) is 2.57. The Morgan fingerprint density at radius 3 is 2.50 bits per heavy atom. The van der Waals surface area contributed by atoms with E-state index in [1.165, 1.54) is 5.56 Å². The number of benzene rings is 2. The second kappa shape index (κ2) is 10.7. The Morgan fingerprint density at radius 1 is 1.03 bits per heavy atom. The quantitative estimate of drug-likeness (QED) is 0.321. The molecule has 2 N–H and O–H groups in total. The van der Waals surface area contributed by atoms with E-state index in [-0.39, 0.29) is 16.5 Å². The molecule has 2 aromatic carbocycles. The summed E-state index contributed by atoms with van der Waals surface area (Å²) < 4.78 is 29.3. The molecule has 0 bridgehead atoms. The van der Waals surface area contributed by atoms with Gasteiger partial charge in [-0.3, -0.25) is 9.52 Å². The molecule has 176 valence electrons. The van der Waals surface area contributed by atoms with Crippen LogP contribution < -0.4 is 10.0 Å². The van der Waals surface area contributed by atoms with Gasteiger partial charge in [0.05, 0.1) is 17.8 Å². The Labute approximate surface area is 203 Å². The molecular formula is C25H26N4O3S2. The second-order valence-corrected chi connectivity index (χ2v) is 10.7. The Hall–Kier alpha value is -3.43. The Bertz CT molecular complexity index is 1330. The highest BCUT2D eigenvalue weighted by molar-refractivity contribution is 7.94. The highest BCUT2D eigenvalue weighted by Crippen LogP contribution is 2.20. The van der Waals surface area contributed by atoms with Crippen LogP contribution in [0.1, 0.15) is 23.2 Å². The second-order valence-electron chi connectivity index (χ2n) is 7.88. The van der Waals surface area contributed by atoms with Crippen molar-refractivity contribution in [2.24, 2.45) is 0 Å². The minimum atomic E-state index is -3.58. The van der Waals surface area contributed by atoms with Crippen molar-refractivity contribution in [3.05, 3.63) is 95.1 Å². The number of carbonyl (C=O) groups is 1. The van der Waals surface area contributed by atoms with Crippen LogP contribution in [0, 0.1) is 6.92 Å². The van der Waals surface area contributed by atoms with Gasteiger partial charge in [-0.25, -0.2) is 13.1 Å². The van der Waals surface area contributed by atoms with Crippen LogP contribution in [0.15, 0.2) is 82.5 Å². The molecule has 2 heterocycles. The number of nitrogens with zero attached hydrogens (tertiary/aromatic N) is 2. The molecule has 0 saturated heterocycles. The topological polar surface area (TPSA) is 93.1 Å². The largest absolute Gasteiger partial charge is 0.356 e. The first-order valence-corrected chi connectivity index (χ1v) is 13.3. The van der Waals surface area contributed by atoms with E-state index in [9.17, 15) is 13.2 Å². The maximum atomic E-state index is 12.3. The van der Waals surface area contributed by atoms with E-state index in [1.807, 2.05) is 48.1 Å². The number of aryl methyl sites for hydroxylation is 2. The van der Waals surface area contributed by atoms with Gasteiger partial charge in [0.2, 0.25) is 5.91 Å². The lowest BCUT2D eigenvalue weighted by molar-refractivity contribution is -0.120. The van der Waals surface area contributed by atoms with E-state index in [0.29, 0.717) is 12.2 Å². The van der Waals surface area contributed by atoms with Gasteiger partial charge >= 0.3 is 0 Å². The third kappa shape index (κ3) is 6.12. The lowest BCUT2D eigenvalue weighted by Gasteiger charge is -2.08. The molecule has 4 aromatic rings. The first-order valence-electron chi connectivity index (χ1n) is 10.9. The third-order valence-electron chi connectivity index (χ3n) is 5.30. The number of amides is 1. The molecule has 4 rings (SSSR count). The molecule has 2 aromatic heterocycles. The summed E-state index contributed by atoms with van der Waals surface area (Å²) in [6, 6.07) is 20.1. The van der Waals surface area contributed by atoms with Gasteiger partial charge in [0.25, 0.3) is 10.0 Å². The maximum Gasteiger partial charge on any atom is 0.271 e. The number of thiophene rings is 1. The fourth-order valence-electron chi connectivity index (χ4n) is 3.52. The van der Waals surface area contributed by atoms with Crippen LogP contribution in [0.2, 0.25) is 0 Å². The van der Waals surface area contributed by atoms with Gasteiger partial charge in [-0.15, -0.1) is 11.3 Å². The van der Waals surface area contributed by atoms with Crippen LogP contribution >= 0.6 is 11.3 Å². The summed E-state index contributed by atoms with van der Waals surface area (Å²) in [5.41, 5.74) is 4.46. The van der Waals surface area contributed by atoms with Gasteiger partial charge in [0.15, 0.2) is 0 Å². The minimum Gasteiger partial charge on any atom is -0.356 e. The predicted octanol–water partition coefficient (Wildman–Crippen LogP) is 4.33. The summed E-state index contributed by atoms with van der Waals surface area (Å²) in [4.78, 5) is 12.3. The molecule has 0 aliphatic rings. The van der Waals surface area contributed by atoms with E-state index >= 15 is 0 Å². The number of para-hydroxylation sites is 1. The molecule has 9 heteroatoms. The van der Waals surface area contributed by atoms with Gasteiger partial charge < -0.3 is 5.32 Å².